The van der Waals surface area contributed by atoms with Gasteiger partial charge in [-0.2, -0.15) is 13.2 Å². The van der Waals surface area contributed by atoms with Gasteiger partial charge < -0.3 is 9.84 Å². The Morgan fingerprint density at radius 2 is 1.76 bits per heavy atom. The normalized spacial score (nSPS) is 23.6. The molecule has 0 radical (unpaired) electrons. The monoisotopic (exact) mass is 475 g/mol. The van der Waals surface area contributed by atoms with E-state index in [-0.39, 0.29) is 29.4 Å². The van der Waals surface area contributed by atoms with Gasteiger partial charge in [-0.15, -0.1) is 0 Å². The van der Waals surface area contributed by atoms with Gasteiger partial charge in [0.2, 0.25) is 0 Å². The molecule has 1 saturated carbocycles. The van der Waals surface area contributed by atoms with E-state index >= 15 is 0 Å². The van der Waals surface area contributed by atoms with E-state index in [1.165, 1.54) is 24.5 Å². The number of nitrogens with zero attached hydrogens (tertiary/aromatic N) is 5. The molecule has 7 nitrogen and oxygen atoms in total. The number of halogens is 4. The molecule has 34 heavy (non-hydrogen) atoms. The van der Waals surface area contributed by atoms with Crippen molar-refractivity contribution < 1.29 is 27.4 Å². The van der Waals surface area contributed by atoms with E-state index < -0.39 is 29.9 Å². The van der Waals surface area contributed by atoms with Gasteiger partial charge in [0.1, 0.15) is 18.1 Å². The third-order valence-electron chi connectivity index (χ3n) is 6.40. The van der Waals surface area contributed by atoms with Gasteiger partial charge in [-0.05, 0) is 37.3 Å². The predicted octanol–water partition coefficient (Wildman–Crippen LogP) is 4.01. The van der Waals surface area contributed by atoms with Crippen LogP contribution in [0.3, 0.4) is 0 Å². The van der Waals surface area contributed by atoms with E-state index in [1.54, 1.807) is 12.1 Å². The van der Waals surface area contributed by atoms with Crippen molar-refractivity contribution in [1.82, 2.24) is 24.8 Å². The fourth-order valence-corrected chi connectivity index (χ4v) is 4.84. The van der Waals surface area contributed by atoms with Crippen LogP contribution in [0.1, 0.15) is 36.6 Å². The van der Waals surface area contributed by atoms with Crippen LogP contribution in [0.5, 0.6) is 6.01 Å². The maximum Gasteiger partial charge on any atom is 0.419 e. The van der Waals surface area contributed by atoms with E-state index in [4.69, 9.17) is 4.74 Å². The Morgan fingerprint density at radius 1 is 1.03 bits per heavy atom. The molecular formula is C23H21F4N5O2. The molecule has 4 heterocycles. The largest absolute Gasteiger partial charge is 0.458 e. The molecule has 0 amide bonds. The Hall–Kier alpha value is -3.18. The fraction of sp³-hybridized carbons (Fsp3) is 0.391. The molecule has 178 valence electrons. The third-order valence-corrected chi connectivity index (χ3v) is 6.40. The minimum atomic E-state index is -4.53. The van der Waals surface area contributed by atoms with Gasteiger partial charge in [0.25, 0.3) is 0 Å². The highest BCUT2D eigenvalue weighted by Crippen LogP contribution is 2.42. The maximum absolute atomic E-state index is 14.8. The first-order chi connectivity index (χ1) is 16.3. The van der Waals surface area contributed by atoms with Crippen molar-refractivity contribution >= 4 is 0 Å². The van der Waals surface area contributed by atoms with Crippen molar-refractivity contribution in [2.45, 2.75) is 43.8 Å². The van der Waals surface area contributed by atoms with Crippen molar-refractivity contribution in [3.63, 3.8) is 0 Å². The van der Waals surface area contributed by atoms with Crippen LogP contribution in [-0.2, 0) is 6.18 Å². The molecule has 2 bridgehead atoms. The summed E-state index contributed by atoms with van der Waals surface area (Å²) in [6, 6.07) is 5.67. The van der Waals surface area contributed by atoms with Gasteiger partial charge >= 0.3 is 12.2 Å². The molecule has 4 unspecified atom stereocenters. The van der Waals surface area contributed by atoms with Gasteiger partial charge in [0, 0.05) is 42.9 Å². The summed E-state index contributed by atoms with van der Waals surface area (Å²) in [5.74, 6) is -0.178. The highest BCUT2D eigenvalue weighted by molar-refractivity contribution is 5.61. The van der Waals surface area contributed by atoms with Crippen LogP contribution >= 0.6 is 0 Å². The zero-order valence-electron chi connectivity index (χ0n) is 17.9. The number of aliphatic hydroxyl groups is 1. The standard InChI is InChI=1S/C23H21F4N5O2/c24-16-4-1-3-15(19(16)20-28-7-2-8-29-20)21(33)32-12-13-5-6-17(32)18(9-13)34-22-30-10-14(11-31-22)23(25,26)27/h1-4,7-8,10-11,13,17-18,21,33H,5-6,9,12H2. The summed E-state index contributed by atoms with van der Waals surface area (Å²) in [6.07, 6.45) is 0.572. The molecule has 1 N–H and O–H groups in total. The Bertz CT molecular complexity index is 1150. The molecule has 11 heteroatoms. The summed E-state index contributed by atoms with van der Waals surface area (Å²) in [4.78, 5) is 17.6. The van der Waals surface area contributed by atoms with Crippen molar-refractivity contribution in [1.29, 1.82) is 0 Å². The summed E-state index contributed by atoms with van der Waals surface area (Å²) in [5.41, 5.74) is -0.493. The Balaban J connectivity index is 1.40. The number of alkyl halides is 3. The van der Waals surface area contributed by atoms with Crippen molar-refractivity contribution in [2.75, 3.05) is 6.54 Å². The lowest BCUT2D eigenvalue weighted by atomic mass is 9.77. The van der Waals surface area contributed by atoms with Gasteiger partial charge in [-0.1, -0.05) is 12.1 Å². The van der Waals surface area contributed by atoms with E-state index in [2.05, 4.69) is 19.9 Å². The molecule has 2 aliphatic heterocycles. The van der Waals surface area contributed by atoms with Gasteiger partial charge in [-0.3, -0.25) is 4.90 Å². The van der Waals surface area contributed by atoms with Crippen molar-refractivity contribution in [3.8, 4) is 17.4 Å². The second-order valence-corrected chi connectivity index (χ2v) is 8.50. The summed E-state index contributed by atoms with van der Waals surface area (Å²) >= 11 is 0. The summed E-state index contributed by atoms with van der Waals surface area (Å²) in [7, 11) is 0. The summed E-state index contributed by atoms with van der Waals surface area (Å²) in [6.45, 7) is 0.575. The molecule has 3 aromatic rings. The zero-order valence-corrected chi connectivity index (χ0v) is 17.9. The molecule has 2 saturated heterocycles. The average Bonchev–Trinajstić information content (AvgIpc) is 2.84. The highest BCUT2D eigenvalue weighted by Gasteiger charge is 2.45. The SMILES string of the molecule is OC(c1cccc(F)c1-c1ncccn1)N1CC2CCC1C(Oc1ncc(C(F)(F)F)cn1)C2. The number of hydrogen-bond acceptors (Lipinski definition) is 7. The summed E-state index contributed by atoms with van der Waals surface area (Å²) in [5, 5.41) is 11.3. The number of rotatable bonds is 5. The number of aromatic nitrogens is 4. The minimum Gasteiger partial charge on any atom is -0.458 e. The second kappa shape index (κ2) is 8.88. The first kappa shape index (κ1) is 22.6. The molecule has 6 rings (SSSR count). The second-order valence-electron chi connectivity index (χ2n) is 8.50. The molecule has 2 aromatic heterocycles. The van der Waals surface area contributed by atoms with Crippen LogP contribution in [0.2, 0.25) is 0 Å². The number of aliphatic hydroxyl groups excluding tert-OH is 1. The predicted molar refractivity (Wildman–Crippen MR) is 112 cm³/mol. The molecule has 3 fully saturated rings. The van der Waals surface area contributed by atoms with Crippen molar-refractivity contribution in [3.05, 3.63) is 66.0 Å². The third kappa shape index (κ3) is 4.32. The van der Waals surface area contributed by atoms with Crippen LogP contribution < -0.4 is 4.74 Å². The van der Waals surface area contributed by atoms with Crippen LogP contribution in [0.25, 0.3) is 11.4 Å². The first-order valence-electron chi connectivity index (χ1n) is 10.9. The smallest absolute Gasteiger partial charge is 0.419 e. The highest BCUT2D eigenvalue weighted by atomic mass is 19.4. The van der Waals surface area contributed by atoms with Crippen LogP contribution in [-0.4, -0.2) is 48.6 Å². The number of benzene rings is 1. The lowest BCUT2D eigenvalue weighted by Gasteiger charge is -2.50. The van der Waals surface area contributed by atoms with Gasteiger partial charge in [0.05, 0.1) is 11.1 Å². The fourth-order valence-electron chi connectivity index (χ4n) is 4.84. The Labute approximate surface area is 192 Å². The first-order valence-corrected chi connectivity index (χ1v) is 10.9. The molecule has 3 aliphatic rings. The molecule has 1 aromatic carbocycles. The van der Waals surface area contributed by atoms with E-state index in [9.17, 15) is 22.7 Å². The van der Waals surface area contributed by atoms with Crippen LogP contribution in [0.4, 0.5) is 17.6 Å². The molecule has 4 atom stereocenters. The van der Waals surface area contributed by atoms with Gasteiger partial charge in [-0.25, -0.2) is 24.3 Å². The van der Waals surface area contributed by atoms with E-state index in [1.807, 2.05) is 4.90 Å². The quantitative estimate of drug-likeness (QED) is 0.558. The lowest BCUT2D eigenvalue weighted by molar-refractivity contribution is -0.138. The molecule has 1 aliphatic carbocycles. The Kier molecular flexibility index (Phi) is 5.90. The number of ether oxygens (including phenoxy) is 1. The number of fused-ring (bicyclic) bond motifs is 3. The molecular weight excluding hydrogens is 454 g/mol. The topological polar surface area (TPSA) is 84.3 Å². The average molecular weight is 475 g/mol. The summed E-state index contributed by atoms with van der Waals surface area (Å²) < 4.78 is 59.1. The van der Waals surface area contributed by atoms with Gasteiger partial charge in [0.15, 0.2) is 5.82 Å². The maximum atomic E-state index is 14.8. The van der Waals surface area contributed by atoms with Crippen LogP contribution in [0, 0.1) is 11.7 Å². The number of hydrogen-bond donors (Lipinski definition) is 1. The Morgan fingerprint density at radius 3 is 2.44 bits per heavy atom. The zero-order chi connectivity index (χ0) is 23.9. The van der Waals surface area contributed by atoms with E-state index in [0.29, 0.717) is 37.3 Å². The number of piperidine rings is 2. The van der Waals surface area contributed by atoms with Crippen LogP contribution in [0.15, 0.2) is 49.1 Å². The van der Waals surface area contributed by atoms with Crippen molar-refractivity contribution in [2.24, 2.45) is 5.92 Å². The lowest BCUT2D eigenvalue weighted by Crippen LogP contribution is -2.58. The minimum absolute atomic E-state index is 0.126. The van der Waals surface area contributed by atoms with E-state index in [0.717, 1.165) is 6.42 Å². The molecule has 0 spiro atoms.